The first-order chi connectivity index (χ1) is 14.9. The first-order valence-electron chi connectivity index (χ1n) is 11.0. The van der Waals surface area contributed by atoms with Gasteiger partial charge in [0.15, 0.2) is 5.70 Å². The number of pyridine rings is 1. The van der Waals surface area contributed by atoms with Gasteiger partial charge in [0.2, 0.25) is 0 Å². The highest BCUT2D eigenvalue weighted by Gasteiger charge is 2.20. The van der Waals surface area contributed by atoms with E-state index < -0.39 is 30.1 Å². The van der Waals surface area contributed by atoms with Crippen molar-refractivity contribution >= 4 is 22.2 Å². The fourth-order valence-corrected chi connectivity index (χ4v) is 2.98. The molecule has 7 heteroatoms. The summed E-state index contributed by atoms with van der Waals surface area (Å²) < 4.78 is 77.2. The van der Waals surface area contributed by atoms with Crippen LogP contribution in [-0.2, 0) is 21.6 Å². The maximum absolute atomic E-state index is 13.1. The number of nitrogens with zero attached hydrogens (tertiary/aromatic N) is 2. The molecule has 6 nitrogen and oxygen atoms in total. The van der Waals surface area contributed by atoms with Crippen molar-refractivity contribution in [2.45, 2.75) is 24.2 Å². The fraction of sp³-hybridized carbons (Fsp3) is 0.333. The molecule has 0 aliphatic rings. The number of imidazole rings is 1. The second-order valence-electron chi connectivity index (χ2n) is 5.13. The second-order valence-corrected chi connectivity index (χ2v) is 6.26. The normalized spacial score (nSPS) is 17.6. The molecule has 0 saturated carbocycles. The lowest BCUT2D eigenvalue weighted by Gasteiger charge is -2.12. The Bertz CT molecular complexity index is 1070. The van der Waals surface area contributed by atoms with Gasteiger partial charge in [-0.15, -0.1) is 0 Å². The lowest BCUT2D eigenvalue weighted by Crippen LogP contribution is -2.10. The molecule has 0 fully saturated rings. The largest absolute Gasteiger partial charge is 0.609 e. The number of H-pyrrole nitrogens is 1. The first kappa shape index (κ1) is 10.8. The molecule has 0 saturated heterocycles. The summed E-state index contributed by atoms with van der Waals surface area (Å²) in [6.07, 6.45) is -0.343. The Labute approximate surface area is 159 Å². The van der Waals surface area contributed by atoms with Crippen LogP contribution in [0.2, 0.25) is 0 Å². The minimum atomic E-state index is -2.54. The van der Waals surface area contributed by atoms with Crippen molar-refractivity contribution in [3.63, 3.8) is 0 Å². The van der Waals surface area contributed by atoms with Gasteiger partial charge in [0.1, 0.15) is 5.75 Å². The van der Waals surface area contributed by atoms with Gasteiger partial charge in [-0.3, -0.25) is 9.97 Å². The molecule has 0 radical (unpaired) electrons. The van der Waals surface area contributed by atoms with Crippen molar-refractivity contribution in [1.29, 1.82) is 0 Å². The van der Waals surface area contributed by atoms with Gasteiger partial charge in [0.25, 0.3) is 0 Å². The molecular weight excluding hydrogens is 338 g/mol. The van der Waals surface area contributed by atoms with E-state index in [9.17, 15) is 4.55 Å². The van der Waals surface area contributed by atoms with E-state index in [1.54, 1.807) is 24.3 Å². The summed E-state index contributed by atoms with van der Waals surface area (Å²) in [4.78, 5) is 10.9. The number of hydrogen-bond acceptors (Lipinski definition) is 5. The van der Waals surface area contributed by atoms with E-state index in [-0.39, 0.29) is 47.8 Å². The molecule has 0 aliphatic carbocycles. The number of nitrogens with one attached hydrogen (secondary N) is 1. The predicted octanol–water partition coefficient (Wildman–Crippen LogP) is 2.99. The third-order valence-electron chi connectivity index (χ3n) is 3.40. The van der Waals surface area contributed by atoms with Crippen LogP contribution >= 0.6 is 0 Å². The van der Waals surface area contributed by atoms with Crippen LogP contribution in [0, 0.1) is 6.92 Å². The van der Waals surface area contributed by atoms with Crippen LogP contribution in [0.1, 0.15) is 27.3 Å². The number of rotatable bonds is 8. The summed E-state index contributed by atoms with van der Waals surface area (Å²) in [6, 6.07) is 6.58. The van der Waals surface area contributed by atoms with Crippen molar-refractivity contribution in [3.05, 3.63) is 47.7 Å². The zero-order valence-corrected chi connectivity index (χ0v) is 14.3. The molecule has 1 aromatic carbocycles. The molecule has 2 aromatic heterocycles. The Hall–Kier alpha value is -2.09. The van der Waals surface area contributed by atoms with Crippen LogP contribution in [0.25, 0.3) is 11.0 Å². The van der Waals surface area contributed by atoms with E-state index >= 15 is 0 Å². The van der Waals surface area contributed by atoms with E-state index in [2.05, 4.69) is 19.7 Å². The summed E-state index contributed by atoms with van der Waals surface area (Å²) in [5.41, 5.74) is -1.59. The molecule has 1 N–H and O–H groups in total. The quantitative estimate of drug-likeness (QED) is 0.489. The van der Waals surface area contributed by atoms with E-state index in [0.29, 0.717) is 11.0 Å². The average Bonchev–Trinajstić information content (AvgIpc) is 3.15. The van der Waals surface area contributed by atoms with Crippen LogP contribution in [0.3, 0.4) is 0 Å². The summed E-state index contributed by atoms with van der Waals surface area (Å²) >= 11 is -2.31. The van der Waals surface area contributed by atoms with Gasteiger partial charge in [-0.05, 0) is 25.1 Å². The van der Waals surface area contributed by atoms with Crippen molar-refractivity contribution in [3.8, 4) is 5.75 Å². The highest BCUT2D eigenvalue weighted by atomic mass is 32.2. The van der Waals surface area contributed by atoms with Gasteiger partial charge >= 0.3 is 5.16 Å². The second kappa shape index (κ2) is 8.33. The van der Waals surface area contributed by atoms with Crippen molar-refractivity contribution in [1.82, 2.24) is 15.0 Å². The number of benzene rings is 1. The molecular formula is C18H21N3O3S. The van der Waals surface area contributed by atoms with Gasteiger partial charge in [-0.25, -0.2) is 0 Å². The van der Waals surface area contributed by atoms with Crippen LogP contribution in [-0.4, -0.2) is 39.8 Å². The first-order valence-corrected chi connectivity index (χ1v) is 8.68. The van der Waals surface area contributed by atoms with Crippen molar-refractivity contribution < 1.29 is 23.6 Å². The molecule has 2 heterocycles. The minimum Gasteiger partial charge on any atom is -0.609 e. The lowest BCUT2D eigenvalue weighted by atomic mass is 10.2. The number of fused-ring (bicyclic) bond motifs is 1. The molecule has 25 heavy (non-hydrogen) atoms. The standard InChI is InChI=1S/C18H21N3O3S/c1-13-16(19-9-8-17(13)24-11-5-10-23-2)12-25(22)18-20-14-6-3-4-7-15(14)21-18/h3-4,6-9H,5,10-12H2,1-2H3,(H,20,21)/i2D3,8D,9D,12D2. The molecule has 0 amide bonds. The molecule has 3 rings (SSSR count). The molecule has 3 aromatic rings. The van der Waals surface area contributed by atoms with Crippen molar-refractivity contribution in [2.24, 2.45) is 0 Å². The number of methoxy groups -OCH3 is 1. The zero-order valence-electron chi connectivity index (χ0n) is 20.5. The Kier molecular flexibility index (Phi) is 3.60. The maximum atomic E-state index is 13.1. The number of para-hydroxylation sites is 2. The molecule has 0 aliphatic heterocycles. The van der Waals surface area contributed by atoms with Gasteiger partial charge in [-0.1, -0.05) is 12.1 Å². The molecule has 1 unspecified atom stereocenters. The smallest absolute Gasteiger partial charge is 0.322 e. The Balaban J connectivity index is 1.85. The Morgan fingerprint density at radius 1 is 1.40 bits per heavy atom. The third-order valence-corrected chi connectivity index (χ3v) is 4.33. The molecule has 1 atom stereocenters. The highest BCUT2D eigenvalue weighted by Crippen LogP contribution is 2.24. The van der Waals surface area contributed by atoms with Crippen LogP contribution in [0.5, 0.6) is 5.75 Å². The summed E-state index contributed by atoms with van der Waals surface area (Å²) in [5.74, 6) is -0.0839. The van der Waals surface area contributed by atoms with E-state index in [0.717, 1.165) is 0 Å². The zero-order chi connectivity index (χ0) is 23.7. The predicted molar refractivity (Wildman–Crippen MR) is 97.2 cm³/mol. The Morgan fingerprint density at radius 2 is 2.28 bits per heavy atom. The molecule has 0 spiro atoms. The van der Waals surface area contributed by atoms with E-state index in [4.69, 9.17) is 14.3 Å². The van der Waals surface area contributed by atoms with E-state index in [1.807, 2.05) is 0 Å². The van der Waals surface area contributed by atoms with E-state index in [1.165, 1.54) is 6.92 Å². The average molecular weight is 366 g/mol. The summed E-state index contributed by atoms with van der Waals surface area (Å²) in [5, 5.41) is -0.0804. The molecule has 132 valence electrons. The number of hydrogen-bond donors (Lipinski definition) is 1. The minimum absolute atomic E-state index is 0.0264. The topological polar surface area (TPSA) is 83.1 Å². The van der Waals surface area contributed by atoms with Crippen LogP contribution in [0.15, 0.2) is 41.6 Å². The third kappa shape index (κ3) is 4.31. The van der Waals surface area contributed by atoms with Gasteiger partial charge in [0.05, 0.1) is 32.9 Å². The monoisotopic (exact) mass is 366 g/mol. The van der Waals surface area contributed by atoms with Crippen LogP contribution < -0.4 is 4.74 Å². The highest BCUT2D eigenvalue weighted by molar-refractivity contribution is 7.90. The van der Waals surface area contributed by atoms with Gasteiger partial charge in [0, 0.05) is 43.0 Å². The summed E-state index contributed by atoms with van der Waals surface area (Å²) in [6.45, 7) is 1.33. The SMILES string of the molecule is [2H]c1nc(C([2H])([2H])[S+]([O-])c2nc3ccccc3[nH]2)c(C)c(OCCCOC([2H])([2H])[2H])c1[2H]. The summed E-state index contributed by atoms with van der Waals surface area (Å²) in [7, 11) is -2.52. The Morgan fingerprint density at radius 3 is 3.12 bits per heavy atom. The van der Waals surface area contributed by atoms with Gasteiger partial charge in [-0.2, -0.15) is 4.98 Å². The fourth-order valence-electron chi connectivity index (χ4n) is 2.12. The van der Waals surface area contributed by atoms with Gasteiger partial charge < -0.3 is 14.0 Å². The van der Waals surface area contributed by atoms with Crippen molar-refractivity contribution in [2.75, 3.05) is 20.3 Å². The number of aromatic nitrogens is 3. The number of aromatic amines is 1. The lowest BCUT2D eigenvalue weighted by molar-refractivity contribution is 0.172. The maximum Gasteiger partial charge on any atom is 0.322 e. The number of ether oxygens (including phenoxy) is 2. The molecule has 0 bridgehead atoms. The van der Waals surface area contributed by atoms with Crippen LogP contribution in [0.4, 0.5) is 0 Å².